The Morgan fingerprint density at radius 1 is 1.22 bits per heavy atom. The van der Waals surface area contributed by atoms with E-state index in [9.17, 15) is 0 Å². The van der Waals surface area contributed by atoms with Gasteiger partial charge in [0.15, 0.2) is 0 Å². The van der Waals surface area contributed by atoms with Crippen LogP contribution in [-0.2, 0) is 0 Å². The number of fused-ring (bicyclic) bond motifs is 1. The van der Waals surface area contributed by atoms with Crippen molar-refractivity contribution in [2.45, 2.75) is 12.5 Å². The average molecular weight is 241 g/mol. The third-order valence-electron chi connectivity index (χ3n) is 3.13. The van der Waals surface area contributed by atoms with Crippen molar-refractivity contribution in [3.8, 4) is 5.75 Å². The van der Waals surface area contributed by atoms with Crippen LogP contribution in [0, 0.1) is 0 Å². The molecule has 92 valence electrons. The molecule has 3 rings (SSSR count). The molecule has 0 aliphatic carbocycles. The Hall–Kier alpha value is -2.23. The van der Waals surface area contributed by atoms with Gasteiger partial charge in [0.05, 0.1) is 18.3 Å². The molecular formula is C14H15N3O. The summed E-state index contributed by atoms with van der Waals surface area (Å²) in [4.78, 5) is 4.08. The van der Waals surface area contributed by atoms with E-state index in [1.807, 2.05) is 30.3 Å². The fourth-order valence-electron chi connectivity index (χ4n) is 2.22. The summed E-state index contributed by atoms with van der Waals surface area (Å²) >= 11 is 0. The molecule has 0 radical (unpaired) electrons. The Kier molecular flexibility index (Phi) is 2.76. The number of nitrogen functional groups attached to an aromatic ring is 1. The summed E-state index contributed by atoms with van der Waals surface area (Å²) in [6.45, 7) is 0.717. The minimum absolute atomic E-state index is 0.224. The van der Waals surface area contributed by atoms with Crippen molar-refractivity contribution >= 4 is 11.5 Å². The molecule has 4 heteroatoms. The van der Waals surface area contributed by atoms with Crippen LogP contribution in [0.1, 0.15) is 18.0 Å². The minimum atomic E-state index is 0.224. The zero-order valence-electron chi connectivity index (χ0n) is 9.97. The van der Waals surface area contributed by atoms with Gasteiger partial charge in [-0.3, -0.25) is 0 Å². The number of pyridine rings is 1. The van der Waals surface area contributed by atoms with Crippen LogP contribution >= 0.6 is 0 Å². The van der Waals surface area contributed by atoms with Crippen LogP contribution < -0.4 is 15.8 Å². The van der Waals surface area contributed by atoms with Gasteiger partial charge >= 0.3 is 0 Å². The summed E-state index contributed by atoms with van der Waals surface area (Å²) in [5.41, 5.74) is 7.90. The maximum Gasteiger partial charge on any atom is 0.146 e. The SMILES string of the molecule is Nc1ncccc1NC1CCOc2ccccc21. The van der Waals surface area contributed by atoms with E-state index in [4.69, 9.17) is 10.5 Å². The smallest absolute Gasteiger partial charge is 0.146 e. The summed E-state index contributed by atoms with van der Waals surface area (Å²) < 4.78 is 5.63. The molecule has 0 saturated heterocycles. The quantitative estimate of drug-likeness (QED) is 0.848. The summed E-state index contributed by atoms with van der Waals surface area (Å²) in [7, 11) is 0. The molecule has 0 spiro atoms. The normalized spacial score (nSPS) is 17.7. The summed E-state index contributed by atoms with van der Waals surface area (Å²) in [6, 6.07) is 12.1. The molecule has 0 bridgehead atoms. The number of para-hydroxylation sites is 1. The van der Waals surface area contributed by atoms with Crippen LogP contribution in [0.25, 0.3) is 0 Å². The Labute approximate surface area is 106 Å². The zero-order valence-corrected chi connectivity index (χ0v) is 9.97. The van der Waals surface area contributed by atoms with Gasteiger partial charge in [-0.15, -0.1) is 0 Å². The van der Waals surface area contributed by atoms with E-state index in [-0.39, 0.29) is 6.04 Å². The second-order valence-corrected chi connectivity index (χ2v) is 4.31. The third-order valence-corrected chi connectivity index (χ3v) is 3.13. The highest BCUT2D eigenvalue weighted by molar-refractivity contribution is 5.62. The molecule has 0 amide bonds. The molecule has 0 saturated carbocycles. The van der Waals surface area contributed by atoms with Crippen LogP contribution in [0.2, 0.25) is 0 Å². The lowest BCUT2D eigenvalue weighted by Crippen LogP contribution is -2.20. The number of benzene rings is 1. The maximum atomic E-state index is 5.85. The van der Waals surface area contributed by atoms with Crippen LogP contribution in [0.4, 0.5) is 11.5 Å². The highest BCUT2D eigenvalue weighted by Crippen LogP contribution is 2.34. The molecule has 0 fully saturated rings. The van der Waals surface area contributed by atoms with Crippen LogP contribution in [0.5, 0.6) is 5.75 Å². The predicted molar refractivity (Wildman–Crippen MR) is 71.6 cm³/mol. The van der Waals surface area contributed by atoms with E-state index in [0.717, 1.165) is 24.5 Å². The van der Waals surface area contributed by atoms with Crippen molar-refractivity contribution in [2.75, 3.05) is 17.7 Å². The minimum Gasteiger partial charge on any atom is -0.493 e. The molecule has 1 aliphatic heterocycles. The van der Waals surface area contributed by atoms with E-state index in [0.29, 0.717) is 5.82 Å². The number of hydrogen-bond acceptors (Lipinski definition) is 4. The molecule has 18 heavy (non-hydrogen) atoms. The van der Waals surface area contributed by atoms with Crippen LogP contribution in [-0.4, -0.2) is 11.6 Å². The second kappa shape index (κ2) is 4.56. The molecule has 2 aromatic rings. The molecule has 4 nitrogen and oxygen atoms in total. The lowest BCUT2D eigenvalue weighted by molar-refractivity contribution is 0.274. The van der Waals surface area contributed by atoms with Gasteiger partial charge in [-0.05, 0) is 18.2 Å². The topological polar surface area (TPSA) is 60.2 Å². The highest BCUT2D eigenvalue weighted by atomic mass is 16.5. The first-order chi connectivity index (χ1) is 8.84. The van der Waals surface area contributed by atoms with E-state index in [2.05, 4.69) is 16.4 Å². The van der Waals surface area contributed by atoms with E-state index >= 15 is 0 Å². The molecular weight excluding hydrogens is 226 g/mol. The van der Waals surface area contributed by atoms with Crippen molar-refractivity contribution < 1.29 is 4.74 Å². The Morgan fingerprint density at radius 2 is 2.11 bits per heavy atom. The van der Waals surface area contributed by atoms with E-state index < -0.39 is 0 Å². The van der Waals surface area contributed by atoms with E-state index in [1.54, 1.807) is 6.20 Å². The molecule has 1 atom stereocenters. The van der Waals surface area contributed by atoms with Gasteiger partial charge < -0.3 is 15.8 Å². The second-order valence-electron chi connectivity index (χ2n) is 4.31. The first kappa shape index (κ1) is 10.9. The Bertz CT molecular complexity index is 556. The number of nitrogens with one attached hydrogen (secondary N) is 1. The first-order valence-electron chi connectivity index (χ1n) is 6.03. The van der Waals surface area contributed by atoms with Gasteiger partial charge in [0.2, 0.25) is 0 Å². The molecule has 1 aliphatic rings. The number of nitrogens with zero attached hydrogens (tertiary/aromatic N) is 1. The van der Waals surface area contributed by atoms with Crippen molar-refractivity contribution in [1.29, 1.82) is 0 Å². The van der Waals surface area contributed by atoms with Gasteiger partial charge in [0, 0.05) is 18.2 Å². The lowest BCUT2D eigenvalue weighted by atomic mass is 10.0. The molecule has 1 aromatic heterocycles. The van der Waals surface area contributed by atoms with Crippen molar-refractivity contribution in [1.82, 2.24) is 4.98 Å². The van der Waals surface area contributed by atoms with Gasteiger partial charge in [-0.1, -0.05) is 18.2 Å². The van der Waals surface area contributed by atoms with Gasteiger partial charge in [0.1, 0.15) is 11.6 Å². The standard InChI is InChI=1S/C14H15N3O/c15-14-12(5-3-8-16-14)17-11-7-9-18-13-6-2-1-4-10(11)13/h1-6,8,11,17H,7,9H2,(H2,15,16). The first-order valence-corrected chi connectivity index (χ1v) is 6.03. The summed E-state index contributed by atoms with van der Waals surface area (Å²) in [6.07, 6.45) is 2.61. The van der Waals surface area contributed by atoms with Gasteiger partial charge in [-0.25, -0.2) is 4.98 Å². The number of ether oxygens (including phenoxy) is 1. The predicted octanol–water partition coefficient (Wildman–Crippen LogP) is 2.60. The highest BCUT2D eigenvalue weighted by Gasteiger charge is 2.21. The number of hydrogen-bond donors (Lipinski definition) is 2. The van der Waals surface area contributed by atoms with E-state index in [1.165, 1.54) is 5.56 Å². The van der Waals surface area contributed by atoms with Crippen LogP contribution in [0.15, 0.2) is 42.6 Å². The average Bonchev–Trinajstić information content (AvgIpc) is 2.42. The Morgan fingerprint density at radius 3 is 3.00 bits per heavy atom. The molecule has 3 N–H and O–H groups in total. The molecule has 1 unspecified atom stereocenters. The van der Waals surface area contributed by atoms with Gasteiger partial charge in [-0.2, -0.15) is 0 Å². The molecule has 2 heterocycles. The van der Waals surface area contributed by atoms with Crippen molar-refractivity contribution in [3.05, 3.63) is 48.2 Å². The van der Waals surface area contributed by atoms with Crippen molar-refractivity contribution in [3.63, 3.8) is 0 Å². The number of rotatable bonds is 2. The third kappa shape index (κ3) is 1.97. The molecule has 1 aromatic carbocycles. The lowest BCUT2D eigenvalue weighted by Gasteiger charge is -2.27. The largest absolute Gasteiger partial charge is 0.493 e. The van der Waals surface area contributed by atoms with Crippen LogP contribution in [0.3, 0.4) is 0 Å². The fourth-order valence-corrected chi connectivity index (χ4v) is 2.22. The number of aromatic nitrogens is 1. The fraction of sp³-hybridized carbons (Fsp3) is 0.214. The number of nitrogens with two attached hydrogens (primary N) is 1. The Balaban J connectivity index is 1.89. The maximum absolute atomic E-state index is 5.85. The van der Waals surface area contributed by atoms with Gasteiger partial charge in [0.25, 0.3) is 0 Å². The monoisotopic (exact) mass is 241 g/mol. The number of anilines is 2. The summed E-state index contributed by atoms with van der Waals surface area (Å²) in [5.74, 6) is 1.48. The summed E-state index contributed by atoms with van der Waals surface area (Å²) in [5, 5.41) is 3.44. The zero-order chi connectivity index (χ0) is 12.4. The van der Waals surface area contributed by atoms with Crippen molar-refractivity contribution in [2.24, 2.45) is 0 Å².